The Bertz CT molecular complexity index is 735. The quantitative estimate of drug-likeness (QED) is 0.258. The molecule has 0 saturated heterocycles. The predicted molar refractivity (Wildman–Crippen MR) is 132 cm³/mol. The molecule has 0 fully saturated rings. The van der Waals surface area contributed by atoms with Crippen LogP contribution in [0.1, 0.15) is 115 Å². The summed E-state index contributed by atoms with van der Waals surface area (Å²) in [5.74, 6) is 1.31. The molecule has 0 aliphatic rings. The van der Waals surface area contributed by atoms with E-state index in [0.717, 1.165) is 0 Å². The van der Waals surface area contributed by atoms with E-state index in [1.165, 1.54) is 64.2 Å². The van der Waals surface area contributed by atoms with Crippen LogP contribution >= 0.6 is 22.7 Å². The predicted octanol–water partition coefficient (Wildman–Crippen LogP) is 10.3. The molecule has 0 amide bonds. The third-order valence-corrected chi connectivity index (χ3v) is 8.26. The van der Waals surface area contributed by atoms with Gasteiger partial charge in [-0.25, -0.2) is 0 Å². The lowest BCUT2D eigenvalue weighted by molar-refractivity contribution is 0.581. The van der Waals surface area contributed by atoms with Gasteiger partial charge in [0.1, 0.15) is 0 Å². The first-order chi connectivity index (χ1) is 13.7. The molecule has 0 aliphatic heterocycles. The zero-order chi connectivity index (χ0) is 19.9. The monoisotopic (exact) mass is 414 g/mol. The van der Waals surface area contributed by atoms with Crippen LogP contribution < -0.4 is 0 Å². The van der Waals surface area contributed by atoms with Gasteiger partial charge < -0.3 is 0 Å². The number of hydrogen-bond acceptors (Lipinski definition) is 2. The smallest absolute Gasteiger partial charge is 0.0387 e. The van der Waals surface area contributed by atoms with Crippen LogP contribution in [0.4, 0.5) is 0 Å². The fraction of sp³-hybridized carbons (Fsp3) is 0.615. The van der Waals surface area contributed by atoms with Crippen LogP contribution in [0.5, 0.6) is 0 Å². The van der Waals surface area contributed by atoms with Crippen molar-refractivity contribution in [2.45, 2.75) is 104 Å². The highest BCUT2D eigenvalue weighted by atomic mass is 32.1. The molecule has 28 heavy (non-hydrogen) atoms. The SMILES string of the molecule is CCCCCCC(C)c1c2ccsc2c(C(C)CCCCCC)c2ccsc12. The summed E-state index contributed by atoms with van der Waals surface area (Å²) in [5.41, 5.74) is 3.28. The molecule has 2 heterocycles. The highest BCUT2D eigenvalue weighted by Crippen LogP contribution is 2.46. The van der Waals surface area contributed by atoms with E-state index in [-0.39, 0.29) is 0 Å². The van der Waals surface area contributed by atoms with Crippen molar-refractivity contribution in [3.05, 3.63) is 34.0 Å². The van der Waals surface area contributed by atoms with Crippen molar-refractivity contribution in [3.63, 3.8) is 0 Å². The van der Waals surface area contributed by atoms with E-state index >= 15 is 0 Å². The van der Waals surface area contributed by atoms with Crippen molar-refractivity contribution in [1.29, 1.82) is 0 Å². The molecule has 0 spiro atoms. The molecule has 1 aromatic carbocycles. The zero-order valence-electron chi connectivity index (χ0n) is 18.4. The maximum atomic E-state index is 2.46. The van der Waals surface area contributed by atoms with Gasteiger partial charge in [0.15, 0.2) is 0 Å². The highest BCUT2D eigenvalue weighted by Gasteiger charge is 2.22. The molecule has 3 aromatic rings. The van der Waals surface area contributed by atoms with Crippen LogP contribution in [-0.4, -0.2) is 0 Å². The van der Waals surface area contributed by atoms with Gasteiger partial charge in [-0.3, -0.25) is 0 Å². The fourth-order valence-corrected chi connectivity index (χ4v) is 6.89. The van der Waals surface area contributed by atoms with Gasteiger partial charge in [0.05, 0.1) is 0 Å². The number of hydrogen-bond donors (Lipinski definition) is 0. The Labute approximate surface area is 180 Å². The van der Waals surface area contributed by atoms with E-state index in [0.29, 0.717) is 11.8 Å². The van der Waals surface area contributed by atoms with Gasteiger partial charge in [0.2, 0.25) is 0 Å². The minimum Gasteiger partial charge on any atom is -0.143 e. The molecule has 0 nitrogen and oxygen atoms in total. The average Bonchev–Trinajstić information content (AvgIpc) is 3.35. The zero-order valence-corrected chi connectivity index (χ0v) is 20.0. The van der Waals surface area contributed by atoms with Crippen molar-refractivity contribution < 1.29 is 0 Å². The second-order valence-corrected chi connectivity index (χ2v) is 10.5. The molecule has 0 aliphatic carbocycles. The third-order valence-electron chi connectivity index (χ3n) is 6.37. The maximum Gasteiger partial charge on any atom is 0.0387 e. The lowest BCUT2D eigenvalue weighted by atomic mass is 9.86. The van der Waals surface area contributed by atoms with Crippen molar-refractivity contribution in [2.24, 2.45) is 0 Å². The van der Waals surface area contributed by atoms with Crippen molar-refractivity contribution in [3.8, 4) is 0 Å². The van der Waals surface area contributed by atoms with Gasteiger partial charge in [0.25, 0.3) is 0 Å². The molecule has 2 unspecified atom stereocenters. The molecule has 154 valence electrons. The van der Waals surface area contributed by atoms with E-state index in [1.807, 2.05) is 22.7 Å². The Morgan fingerprint density at radius 1 is 0.643 bits per heavy atom. The molecule has 2 aromatic heterocycles. The molecule has 0 N–H and O–H groups in total. The third kappa shape index (κ3) is 4.82. The van der Waals surface area contributed by atoms with Crippen molar-refractivity contribution >= 4 is 42.8 Å². The van der Waals surface area contributed by atoms with E-state index in [9.17, 15) is 0 Å². The number of unbranched alkanes of at least 4 members (excludes halogenated alkanes) is 6. The summed E-state index contributed by atoms with van der Waals surface area (Å²) in [7, 11) is 0. The number of benzene rings is 1. The number of rotatable bonds is 12. The Morgan fingerprint density at radius 2 is 1.07 bits per heavy atom. The summed E-state index contributed by atoms with van der Waals surface area (Å²) in [5, 5.41) is 7.76. The van der Waals surface area contributed by atoms with Crippen LogP contribution in [0.15, 0.2) is 22.9 Å². The van der Waals surface area contributed by atoms with Gasteiger partial charge in [-0.15, -0.1) is 22.7 Å². The van der Waals surface area contributed by atoms with Crippen molar-refractivity contribution in [2.75, 3.05) is 0 Å². The minimum absolute atomic E-state index is 0.656. The van der Waals surface area contributed by atoms with E-state index in [1.54, 1.807) is 31.3 Å². The van der Waals surface area contributed by atoms with Crippen LogP contribution in [0.25, 0.3) is 20.2 Å². The number of fused-ring (bicyclic) bond motifs is 2. The van der Waals surface area contributed by atoms with Gasteiger partial charge in [0, 0.05) is 9.40 Å². The van der Waals surface area contributed by atoms with Crippen LogP contribution in [0.3, 0.4) is 0 Å². The summed E-state index contributed by atoms with van der Waals surface area (Å²) in [4.78, 5) is 0. The van der Waals surface area contributed by atoms with E-state index in [2.05, 4.69) is 50.6 Å². The maximum absolute atomic E-state index is 2.46. The summed E-state index contributed by atoms with van der Waals surface area (Å²) in [6.45, 7) is 9.53. The molecule has 2 atom stereocenters. The summed E-state index contributed by atoms with van der Waals surface area (Å²) in [6.07, 6.45) is 13.5. The molecule has 0 saturated carbocycles. The molecular weight excluding hydrogens is 376 g/mol. The first-order valence-electron chi connectivity index (χ1n) is 11.6. The normalized spacial score (nSPS) is 14.1. The first kappa shape index (κ1) is 21.8. The molecule has 2 heteroatoms. The van der Waals surface area contributed by atoms with E-state index < -0.39 is 0 Å². The Balaban J connectivity index is 1.92. The highest BCUT2D eigenvalue weighted by molar-refractivity contribution is 7.19. The Kier molecular flexibility index (Phi) is 8.41. The lowest BCUT2D eigenvalue weighted by Gasteiger charge is -2.20. The van der Waals surface area contributed by atoms with Crippen molar-refractivity contribution in [1.82, 2.24) is 0 Å². The Hall–Kier alpha value is -0.860. The van der Waals surface area contributed by atoms with E-state index in [4.69, 9.17) is 0 Å². The minimum atomic E-state index is 0.656. The second kappa shape index (κ2) is 10.8. The van der Waals surface area contributed by atoms with Crippen LogP contribution in [0, 0.1) is 0 Å². The summed E-state index contributed by atoms with van der Waals surface area (Å²) in [6, 6.07) is 4.81. The largest absolute Gasteiger partial charge is 0.143 e. The first-order valence-corrected chi connectivity index (χ1v) is 13.3. The fourth-order valence-electron chi connectivity index (χ4n) is 4.73. The lowest BCUT2D eigenvalue weighted by Crippen LogP contribution is -2.00. The molecule has 0 radical (unpaired) electrons. The number of thiophene rings is 2. The topological polar surface area (TPSA) is 0 Å². The Morgan fingerprint density at radius 3 is 1.46 bits per heavy atom. The molecule has 3 rings (SSSR count). The summed E-state index contributed by atoms with van der Waals surface area (Å²) >= 11 is 3.94. The van der Waals surface area contributed by atoms with Gasteiger partial charge in [-0.1, -0.05) is 79.1 Å². The van der Waals surface area contributed by atoms with Crippen LogP contribution in [-0.2, 0) is 0 Å². The summed E-state index contributed by atoms with van der Waals surface area (Å²) < 4.78 is 3.15. The van der Waals surface area contributed by atoms with Crippen LogP contribution in [0.2, 0.25) is 0 Å². The van der Waals surface area contributed by atoms with Gasteiger partial charge in [-0.05, 0) is 69.5 Å². The van der Waals surface area contributed by atoms with Gasteiger partial charge in [-0.2, -0.15) is 0 Å². The second-order valence-electron chi connectivity index (χ2n) is 8.65. The standard InChI is InChI=1S/C26H38S2/c1-5-7-9-11-13-19(3)23-21-15-17-28-26(21)24(22-16-18-27-25(22)23)20(4)14-12-10-8-6-2/h15-20H,5-14H2,1-4H3. The molecule has 0 bridgehead atoms. The van der Waals surface area contributed by atoms with Gasteiger partial charge >= 0.3 is 0 Å². The molecular formula is C26H38S2. The average molecular weight is 415 g/mol.